The molecular formula is C51H59Cl5FeN3O14S6. The van der Waals surface area contributed by atoms with E-state index in [0.717, 1.165) is 53.4 Å². The van der Waals surface area contributed by atoms with Crippen LogP contribution in [0.3, 0.4) is 0 Å². The predicted octanol–water partition coefficient (Wildman–Crippen LogP) is 9.92. The summed E-state index contributed by atoms with van der Waals surface area (Å²) < 4.78 is 149. The van der Waals surface area contributed by atoms with Gasteiger partial charge in [0, 0.05) is 41.0 Å². The summed E-state index contributed by atoms with van der Waals surface area (Å²) in [6.07, 6.45) is 10.7. The zero-order valence-corrected chi connectivity index (χ0v) is 53.7. The minimum atomic E-state index is -3.66. The van der Waals surface area contributed by atoms with Gasteiger partial charge in [-0.15, -0.1) is 0 Å². The summed E-state index contributed by atoms with van der Waals surface area (Å²) in [6, 6.07) is 40.5. The van der Waals surface area contributed by atoms with Gasteiger partial charge in [0.1, 0.15) is 11.5 Å². The van der Waals surface area contributed by atoms with E-state index in [2.05, 4.69) is 34.9 Å². The van der Waals surface area contributed by atoms with Crippen molar-refractivity contribution in [1.29, 1.82) is 0 Å². The molecule has 0 aromatic heterocycles. The predicted molar refractivity (Wildman–Crippen MR) is 318 cm³/mol. The molecule has 4 aliphatic rings. The molecule has 0 unspecified atom stereocenters. The molecule has 0 saturated carbocycles. The average Bonchev–Trinajstić information content (AvgIpc) is 4.22. The van der Waals surface area contributed by atoms with Crippen LogP contribution in [-0.4, -0.2) is 109 Å². The monoisotopic (exact) mass is 1360 g/mol. The molecule has 80 heavy (non-hydrogen) atoms. The van der Waals surface area contributed by atoms with E-state index in [1.54, 1.807) is 35.4 Å². The van der Waals surface area contributed by atoms with E-state index in [9.17, 15) is 50.5 Å². The van der Waals surface area contributed by atoms with Crippen molar-refractivity contribution in [3.8, 4) is 11.5 Å². The Morgan fingerprint density at radius 1 is 0.400 bits per heavy atom. The normalized spacial score (nSPS) is 14.2. The molecule has 3 aliphatic heterocycles. The first kappa shape index (κ1) is 68.5. The van der Waals surface area contributed by atoms with Gasteiger partial charge >= 0.3 is 41.5 Å². The molecule has 0 fully saturated rings. The molecule has 1 aliphatic carbocycles. The number of benzene rings is 6. The van der Waals surface area contributed by atoms with Crippen molar-refractivity contribution in [2.45, 2.75) is 53.2 Å². The molecule has 0 N–H and O–H groups in total. The van der Waals surface area contributed by atoms with E-state index in [0.29, 0.717) is 43.2 Å². The second kappa shape index (κ2) is 30.0. The number of sulfone groups is 1. The van der Waals surface area contributed by atoms with Crippen LogP contribution >= 0.6 is 51.7 Å². The molecule has 0 spiro atoms. The minimum Gasteiger partial charge on any atom is -0.0620 e. The maximum atomic E-state index is 12.7. The largest absolute Gasteiger partial charge is 0.0620 e. The Morgan fingerprint density at radius 3 is 1.04 bits per heavy atom. The number of hydrogen-bond donors (Lipinski definition) is 0. The van der Waals surface area contributed by atoms with Crippen LogP contribution in [0, 0.1) is 0 Å². The van der Waals surface area contributed by atoms with Crippen molar-refractivity contribution in [3.05, 3.63) is 167 Å². The third kappa shape index (κ3) is 21.6. The molecule has 6 aromatic rings. The average molecular weight is 1360 g/mol. The van der Waals surface area contributed by atoms with Crippen LogP contribution in [0.5, 0.6) is 11.5 Å². The minimum absolute atomic E-state index is 0.0740. The van der Waals surface area contributed by atoms with Crippen LogP contribution in [0.15, 0.2) is 154 Å². The number of aryl methyl sites for hydroxylation is 2. The number of halogens is 5. The number of ether oxygens (including phenoxy) is 2. The van der Waals surface area contributed by atoms with Gasteiger partial charge in [-0.25, -0.2) is 50.5 Å². The molecule has 29 heteroatoms. The third-order valence-corrected chi connectivity index (χ3v) is 18.5. The number of rotatable bonds is 8. The van der Waals surface area contributed by atoms with Crippen LogP contribution < -0.4 is 22.4 Å². The zero-order valence-electron chi connectivity index (χ0n) is 43.9. The third-order valence-electron chi connectivity index (χ3n) is 11.8. The fraction of sp³-hybridized carbons (Fsp3) is 0.294. The summed E-state index contributed by atoms with van der Waals surface area (Å²) in [5, 5.41) is 0. The van der Waals surface area contributed by atoms with Crippen LogP contribution in [-0.2, 0) is 101 Å². The number of sulfonamides is 3. The summed E-state index contributed by atoms with van der Waals surface area (Å²) in [5.41, 5.74) is 8.31. The Balaban J connectivity index is 0.000000215. The topological polar surface area (TPSA) is 233 Å². The molecule has 0 saturated heterocycles. The number of nitrogens with zero attached hydrogens (tertiary/aromatic N) is 3. The molecule has 3 heterocycles. The SMILES string of the molecule is COc1ccc(S(=O)(=O)Cl)cc1.COc1ccc(S(=O)(=O)c2ccc3c(c2)CCN3S(C)(=O)=O)cc1.CS(=O)(=O)Cl.CS(=O)(=O)N1CCc2ccccc21.CS(=O)(=O)N1CCc2ccccc21.[Cl][Fe]([Cl])[Cl].c1ccc2c(c1)CCC2. The summed E-state index contributed by atoms with van der Waals surface area (Å²) in [7, 11) is 7.28. The van der Waals surface area contributed by atoms with Gasteiger partial charge in [-0.2, -0.15) is 0 Å². The number of methoxy groups -OCH3 is 2. The molecule has 0 bridgehead atoms. The molecule has 0 radical (unpaired) electrons. The first-order chi connectivity index (χ1) is 37.1. The molecule has 17 nitrogen and oxygen atoms in total. The molecule has 6 aromatic carbocycles. The van der Waals surface area contributed by atoms with E-state index in [1.807, 2.05) is 48.5 Å². The molecular weight excluding hydrogens is 1300 g/mol. The Bertz CT molecular complexity index is 3640. The number of fused-ring (bicyclic) bond motifs is 4. The van der Waals surface area contributed by atoms with Crippen molar-refractivity contribution < 1.29 is 71.1 Å². The van der Waals surface area contributed by atoms with E-state index in [4.69, 9.17) is 50.5 Å². The van der Waals surface area contributed by atoms with Gasteiger partial charge in [0.15, 0.2) is 0 Å². The van der Waals surface area contributed by atoms with Gasteiger partial charge in [-0.3, -0.25) is 12.9 Å². The van der Waals surface area contributed by atoms with Crippen LogP contribution in [0.2, 0.25) is 0 Å². The Kier molecular flexibility index (Phi) is 25.7. The Morgan fingerprint density at radius 2 is 0.700 bits per heavy atom. The van der Waals surface area contributed by atoms with Gasteiger partial charge in [-0.1, -0.05) is 60.7 Å². The fourth-order valence-corrected chi connectivity index (χ4v) is 13.3. The van der Waals surface area contributed by atoms with Gasteiger partial charge in [0.25, 0.3) is 9.05 Å². The summed E-state index contributed by atoms with van der Waals surface area (Å²) >= 11 is -1.33. The van der Waals surface area contributed by atoms with E-state index in [-0.39, 0.29) is 14.7 Å². The maximum Gasteiger partial charge on any atom is -0.0273 e. The number of para-hydroxylation sites is 2. The quantitative estimate of drug-likeness (QED) is 0.102. The van der Waals surface area contributed by atoms with Crippen LogP contribution in [0.1, 0.15) is 34.2 Å². The van der Waals surface area contributed by atoms with Crippen molar-refractivity contribution in [2.75, 3.05) is 71.8 Å². The molecule has 0 amide bonds. The van der Waals surface area contributed by atoms with E-state index in [1.165, 1.54) is 101 Å². The second-order valence-corrected chi connectivity index (χ2v) is 36.3. The zero-order chi connectivity index (χ0) is 59.9. The number of anilines is 3. The van der Waals surface area contributed by atoms with Crippen molar-refractivity contribution in [3.63, 3.8) is 0 Å². The second-order valence-electron chi connectivity index (χ2n) is 17.6. The Labute approximate surface area is 497 Å². The van der Waals surface area contributed by atoms with Gasteiger partial charge in [-0.05, 0) is 145 Å². The Hall–Kier alpha value is -4.01. The van der Waals surface area contributed by atoms with Gasteiger partial charge in [0.2, 0.25) is 49.0 Å². The smallest absolute Gasteiger partial charge is 0.0273 e. The summed E-state index contributed by atoms with van der Waals surface area (Å²) in [6.45, 7) is 1.50. The van der Waals surface area contributed by atoms with Crippen molar-refractivity contribution in [2.24, 2.45) is 0 Å². The fourth-order valence-electron chi connectivity index (χ4n) is 8.31. The summed E-state index contributed by atoms with van der Waals surface area (Å²) in [4.78, 5) is 0.396. The molecule has 0 atom stereocenters. The standard InChI is InChI=1S/C16H17NO5S2.2C9H11NO2S.C9H10.C7H7ClO3S.CH3ClO2S.3ClH.Fe/c1-22-13-3-5-14(6-4-13)24(20,21)15-7-8-16-12(11-15)9-10-17(16)23(2,18)19;2*1-13(11,12)10-7-6-8-4-2-3-5-9(8)10;1-2-5-9-7-3-6-8(9)4-1;1-11-6-2-4-7(5-3-6)12(8,9)10;1-5(2,3)4;;;;/h3-8,11H,9-10H2,1-2H3;2*2-5H,6-7H2,1H3;1-2,4-5H,3,6-7H2;2-5H,1H3;1H3;3*1H;/q;;;;;;;;;+3/p-3. The molecule has 10 rings (SSSR count). The maximum absolute atomic E-state index is 12.7. The van der Waals surface area contributed by atoms with Crippen molar-refractivity contribution >= 4 is 127 Å². The van der Waals surface area contributed by atoms with Crippen LogP contribution in [0.25, 0.3) is 0 Å². The van der Waals surface area contributed by atoms with E-state index >= 15 is 0 Å². The van der Waals surface area contributed by atoms with Gasteiger partial charge in [0.05, 0.1) is 71.0 Å². The van der Waals surface area contributed by atoms with Crippen molar-refractivity contribution in [1.82, 2.24) is 0 Å². The first-order valence-corrected chi connectivity index (χ1v) is 40.1. The first-order valence-electron chi connectivity index (χ1n) is 23.5. The van der Waals surface area contributed by atoms with Gasteiger partial charge < -0.3 is 9.47 Å². The molecule has 441 valence electrons. The van der Waals surface area contributed by atoms with E-state index < -0.39 is 69.2 Å². The number of hydrogen-bond acceptors (Lipinski definition) is 14. The summed E-state index contributed by atoms with van der Waals surface area (Å²) in [5.74, 6) is 1.17. The van der Waals surface area contributed by atoms with Crippen LogP contribution in [0.4, 0.5) is 17.1 Å².